The largest absolute Gasteiger partial charge is 0.496 e. The molecule has 5 nitrogen and oxygen atoms in total. The van der Waals surface area contributed by atoms with Crippen molar-refractivity contribution in [3.8, 4) is 11.5 Å². The lowest BCUT2D eigenvalue weighted by Crippen LogP contribution is -2.22. The summed E-state index contributed by atoms with van der Waals surface area (Å²) in [5, 5.41) is 7.70. The van der Waals surface area contributed by atoms with Crippen LogP contribution in [0.4, 0.5) is 0 Å². The van der Waals surface area contributed by atoms with Crippen LogP contribution in [0.25, 0.3) is 0 Å². The number of hydrogen-bond donors (Lipinski definition) is 1. The molecule has 21 heavy (non-hydrogen) atoms. The van der Waals surface area contributed by atoms with Crippen molar-refractivity contribution in [2.24, 2.45) is 0 Å². The zero-order valence-electron chi connectivity index (χ0n) is 12.7. The van der Waals surface area contributed by atoms with Crippen molar-refractivity contribution >= 4 is 15.9 Å². The SMILES string of the molecule is CCn1ncc(OC)c1C(NC)c1ccc(Br)cc1OC. The summed E-state index contributed by atoms with van der Waals surface area (Å²) >= 11 is 3.47. The van der Waals surface area contributed by atoms with Crippen molar-refractivity contribution in [1.29, 1.82) is 0 Å². The lowest BCUT2D eigenvalue weighted by Gasteiger charge is -2.21. The summed E-state index contributed by atoms with van der Waals surface area (Å²) in [5.74, 6) is 1.58. The molecule has 0 bridgehead atoms. The molecule has 0 fully saturated rings. The van der Waals surface area contributed by atoms with Crippen molar-refractivity contribution in [2.75, 3.05) is 21.3 Å². The molecule has 0 aliphatic rings. The molecule has 1 aromatic carbocycles. The van der Waals surface area contributed by atoms with Crippen LogP contribution in [0.5, 0.6) is 11.5 Å². The van der Waals surface area contributed by atoms with E-state index >= 15 is 0 Å². The number of hydrogen-bond acceptors (Lipinski definition) is 4. The molecule has 1 N–H and O–H groups in total. The molecule has 0 aliphatic carbocycles. The van der Waals surface area contributed by atoms with Crippen LogP contribution in [-0.2, 0) is 6.54 Å². The van der Waals surface area contributed by atoms with Gasteiger partial charge in [-0.25, -0.2) is 0 Å². The molecule has 1 aromatic heterocycles. The molecule has 6 heteroatoms. The first-order valence-electron chi connectivity index (χ1n) is 6.76. The molecule has 0 saturated carbocycles. The standard InChI is InChI=1S/C15H20BrN3O2/c1-5-19-15(13(21-4)9-18-19)14(17-2)11-7-6-10(16)8-12(11)20-3/h6-9,14,17H,5H2,1-4H3. The third-order valence-corrected chi connectivity index (χ3v) is 3.93. The van der Waals surface area contributed by atoms with Gasteiger partial charge in [-0.3, -0.25) is 4.68 Å². The molecular formula is C15H20BrN3O2. The van der Waals surface area contributed by atoms with E-state index in [0.29, 0.717) is 0 Å². The van der Waals surface area contributed by atoms with E-state index in [4.69, 9.17) is 9.47 Å². The molecule has 1 unspecified atom stereocenters. The van der Waals surface area contributed by atoms with E-state index in [2.05, 4.69) is 33.3 Å². The molecule has 0 aliphatic heterocycles. The normalized spacial score (nSPS) is 12.2. The van der Waals surface area contributed by atoms with Crippen LogP contribution in [0.3, 0.4) is 0 Å². The highest BCUT2D eigenvalue weighted by atomic mass is 79.9. The summed E-state index contributed by atoms with van der Waals surface area (Å²) in [4.78, 5) is 0. The van der Waals surface area contributed by atoms with Crippen LogP contribution in [0.1, 0.15) is 24.2 Å². The molecule has 114 valence electrons. The minimum Gasteiger partial charge on any atom is -0.496 e. The fourth-order valence-corrected chi connectivity index (χ4v) is 2.78. The Morgan fingerprint density at radius 1 is 1.29 bits per heavy atom. The predicted molar refractivity (Wildman–Crippen MR) is 86.0 cm³/mol. The maximum atomic E-state index is 5.51. The number of benzene rings is 1. The second kappa shape index (κ2) is 6.95. The van der Waals surface area contributed by atoms with Crippen molar-refractivity contribution in [1.82, 2.24) is 15.1 Å². The van der Waals surface area contributed by atoms with Gasteiger partial charge in [0, 0.05) is 16.6 Å². The highest BCUT2D eigenvalue weighted by molar-refractivity contribution is 9.10. The van der Waals surface area contributed by atoms with Gasteiger partial charge >= 0.3 is 0 Å². The number of aromatic nitrogens is 2. The lowest BCUT2D eigenvalue weighted by atomic mass is 10.0. The van der Waals surface area contributed by atoms with Crippen molar-refractivity contribution in [3.05, 3.63) is 40.1 Å². The highest BCUT2D eigenvalue weighted by Gasteiger charge is 2.24. The Bertz CT molecular complexity index is 591. The van der Waals surface area contributed by atoms with E-state index < -0.39 is 0 Å². The molecule has 2 rings (SSSR count). The molecular weight excluding hydrogens is 334 g/mol. The van der Waals surface area contributed by atoms with Crippen molar-refractivity contribution in [3.63, 3.8) is 0 Å². The van der Waals surface area contributed by atoms with Crippen LogP contribution < -0.4 is 14.8 Å². The summed E-state index contributed by atoms with van der Waals surface area (Å²) in [6, 6.07) is 5.93. The van der Waals surface area contributed by atoms with Gasteiger partial charge in [0.25, 0.3) is 0 Å². The van der Waals surface area contributed by atoms with Gasteiger partial charge in [0.1, 0.15) is 11.4 Å². The molecule has 0 radical (unpaired) electrons. The number of ether oxygens (including phenoxy) is 2. The van der Waals surface area contributed by atoms with Gasteiger partial charge in [-0.05, 0) is 26.1 Å². The van der Waals surface area contributed by atoms with Crippen LogP contribution in [-0.4, -0.2) is 31.0 Å². The summed E-state index contributed by atoms with van der Waals surface area (Å²) in [5.41, 5.74) is 2.03. The second-order valence-corrected chi connectivity index (χ2v) is 5.44. The summed E-state index contributed by atoms with van der Waals surface area (Å²) in [6.07, 6.45) is 1.74. The molecule has 0 spiro atoms. The monoisotopic (exact) mass is 353 g/mol. The lowest BCUT2D eigenvalue weighted by molar-refractivity contribution is 0.391. The van der Waals surface area contributed by atoms with Crippen molar-refractivity contribution in [2.45, 2.75) is 19.5 Å². The smallest absolute Gasteiger partial charge is 0.161 e. The molecule has 0 saturated heterocycles. The van der Waals surface area contributed by atoms with Crippen LogP contribution in [0.15, 0.2) is 28.9 Å². The number of rotatable bonds is 6. The van der Waals surface area contributed by atoms with Gasteiger partial charge in [0.05, 0.1) is 26.5 Å². The zero-order chi connectivity index (χ0) is 15.4. The average Bonchev–Trinajstić information content (AvgIpc) is 2.92. The van der Waals surface area contributed by atoms with Crippen molar-refractivity contribution < 1.29 is 9.47 Å². The summed E-state index contributed by atoms with van der Waals surface area (Å²) in [7, 11) is 5.25. The maximum Gasteiger partial charge on any atom is 0.161 e. The van der Waals surface area contributed by atoms with E-state index in [-0.39, 0.29) is 6.04 Å². The fraction of sp³-hybridized carbons (Fsp3) is 0.400. The van der Waals surface area contributed by atoms with E-state index in [9.17, 15) is 0 Å². The van der Waals surface area contributed by atoms with E-state index in [1.807, 2.05) is 29.9 Å². The topological polar surface area (TPSA) is 48.3 Å². The average molecular weight is 354 g/mol. The molecule has 1 atom stereocenters. The maximum absolute atomic E-state index is 5.51. The Balaban J connectivity index is 2.57. The first-order valence-corrected chi connectivity index (χ1v) is 7.55. The minimum absolute atomic E-state index is 0.0644. The number of nitrogens with one attached hydrogen (secondary N) is 1. The van der Waals surface area contributed by atoms with E-state index in [1.165, 1.54) is 0 Å². The zero-order valence-corrected chi connectivity index (χ0v) is 14.3. The number of halogens is 1. The van der Waals surface area contributed by atoms with Crippen LogP contribution in [0.2, 0.25) is 0 Å². The van der Waals surface area contributed by atoms with Gasteiger partial charge in [0.15, 0.2) is 5.75 Å². The number of methoxy groups -OCH3 is 2. The van der Waals surface area contributed by atoms with Gasteiger partial charge in [0.2, 0.25) is 0 Å². The number of aryl methyl sites for hydroxylation is 1. The van der Waals surface area contributed by atoms with Gasteiger partial charge in [-0.1, -0.05) is 22.0 Å². The Morgan fingerprint density at radius 3 is 2.57 bits per heavy atom. The minimum atomic E-state index is -0.0644. The Labute approximate surface area is 133 Å². The molecule has 0 amide bonds. The quantitative estimate of drug-likeness (QED) is 0.867. The molecule has 1 heterocycles. The second-order valence-electron chi connectivity index (χ2n) is 4.52. The third-order valence-electron chi connectivity index (χ3n) is 3.43. The summed E-state index contributed by atoms with van der Waals surface area (Å²) < 4.78 is 13.9. The van der Waals surface area contributed by atoms with E-state index in [1.54, 1.807) is 20.4 Å². The van der Waals surface area contributed by atoms with Gasteiger partial charge in [-0.2, -0.15) is 5.10 Å². The Kier molecular flexibility index (Phi) is 5.25. The Hall–Kier alpha value is -1.53. The van der Waals surface area contributed by atoms with Crippen LogP contribution >= 0.6 is 15.9 Å². The molecule has 2 aromatic rings. The summed E-state index contributed by atoms with van der Waals surface area (Å²) in [6.45, 7) is 2.83. The first kappa shape index (κ1) is 15.9. The first-order chi connectivity index (χ1) is 10.2. The Morgan fingerprint density at radius 2 is 2.00 bits per heavy atom. The predicted octanol–water partition coefficient (Wildman–Crippen LogP) is 2.99. The fourth-order valence-electron chi connectivity index (χ4n) is 2.44. The van der Waals surface area contributed by atoms with Gasteiger partial charge in [-0.15, -0.1) is 0 Å². The third kappa shape index (κ3) is 3.06. The van der Waals surface area contributed by atoms with Crippen LogP contribution in [0, 0.1) is 0 Å². The van der Waals surface area contributed by atoms with Gasteiger partial charge < -0.3 is 14.8 Å². The highest BCUT2D eigenvalue weighted by Crippen LogP contribution is 2.35. The van der Waals surface area contributed by atoms with E-state index in [0.717, 1.165) is 33.8 Å². The number of nitrogens with zero attached hydrogens (tertiary/aromatic N) is 2.